The van der Waals surface area contributed by atoms with E-state index in [1.807, 2.05) is 26.0 Å². The van der Waals surface area contributed by atoms with Crippen LogP contribution in [0.4, 0.5) is 11.4 Å². The number of carbonyl (C=O) groups excluding carboxylic acids is 2. The van der Waals surface area contributed by atoms with Gasteiger partial charge in [-0.3, -0.25) is 9.59 Å². The molecule has 0 saturated heterocycles. The number of ether oxygens (including phenoxy) is 2. The van der Waals surface area contributed by atoms with Crippen LogP contribution in [0.2, 0.25) is 5.02 Å². The van der Waals surface area contributed by atoms with Gasteiger partial charge >= 0.3 is 0 Å². The predicted molar refractivity (Wildman–Crippen MR) is 115 cm³/mol. The van der Waals surface area contributed by atoms with Gasteiger partial charge in [0.05, 0.1) is 18.0 Å². The largest absolute Gasteiger partial charge is 0.493 e. The first kappa shape index (κ1) is 20.7. The van der Waals surface area contributed by atoms with Gasteiger partial charge in [-0.1, -0.05) is 11.6 Å². The average molecular weight is 415 g/mol. The highest BCUT2D eigenvalue weighted by Crippen LogP contribution is 2.35. The zero-order valence-corrected chi connectivity index (χ0v) is 17.3. The summed E-state index contributed by atoms with van der Waals surface area (Å²) >= 11 is 6.02. The molecule has 1 heterocycles. The third-order valence-corrected chi connectivity index (χ3v) is 4.53. The Labute approximate surface area is 174 Å². The predicted octanol–water partition coefficient (Wildman–Crippen LogP) is 4.67. The lowest BCUT2D eigenvalue weighted by Crippen LogP contribution is -2.13. The molecule has 2 amide bonds. The number of nitrogens with one attached hydrogen (secondary N) is 2. The molecule has 7 heteroatoms. The van der Waals surface area contributed by atoms with Crippen molar-refractivity contribution in [3.8, 4) is 11.5 Å². The fourth-order valence-corrected chi connectivity index (χ4v) is 3.30. The Morgan fingerprint density at radius 1 is 1.24 bits per heavy atom. The van der Waals surface area contributed by atoms with E-state index in [0.717, 1.165) is 23.3 Å². The summed E-state index contributed by atoms with van der Waals surface area (Å²) in [6.07, 6.45) is 4.04. The Hall–Kier alpha value is -2.99. The van der Waals surface area contributed by atoms with Gasteiger partial charge in [-0.25, -0.2) is 0 Å². The molecule has 1 aliphatic rings. The lowest BCUT2D eigenvalue weighted by Gasteiger charge is -2.11. The first-order chi connectivity index (χ1) is 13.9. The summed E-state index contributed by atoms with van der Waals surface area (Å²) in [5.74, 6) is 0.904. The first-order valence-corrected chi connectivity index (χ1v) is 9.76. The van der Waals surface area contributed by atoms with Gasteiger partial charge < -0.3 is 20.1 Å². The van der Waals surface area contributed by atoms with Crippen molar-refractivity contribution >= 4 is 40.9 Å². The maximum Gasteiger partial charge on any atom is 0.248 e. The highest BCUT2D eigenvalue weighted by Gasteiger charge is 2.21. The molecule has 1 unspecified atom stereocenters. The van der Waals surface area contributed by atoms with Crippen molar-refractivity contribution < 1.29 is 19.1 Å². The number of rotatable bonds is 6. The minimum absolute atomic E-state index is 0.122. The maximum atomic E-state index is 12.5. The Kier molecular flexibility index (Phi) is 6.44. The summed E-state index contributed by atoms with van der Waals surface area (Å²) < 4.78 is 11.5. The smallest absolute Gasteiger partial charge is 0.248 e. The van der Waals surface area contributed by atoms with Gasteiger partial charge in [-0.15, -0.1) is 0 Å². The molecule has 0 fully saturated rings. The van der Waals surface area contributed by atoms with Crippen LogP contribution in [0.1, 0.15) is 31.9 Å². The van der Waals surface area contributed by atoms with Crippen LogP contribution in [-0.4, -0.2) is 24.5 Å². The van der Waals surface area contributed by atoms with Crippen LogP contribution in [-0.2, 0) is 16.0 Å². The highest BCUT2D eigenvalue weighted by atomic mass is 35.5. The molecule has 152 valence electrons. The van der Waals surface area contributed by atoms with Crippen molar-refractivity contribution in [2.45, 2.75) is 33.3 Å². The molecule has 0 aromatic heterocycles. The van der Waals surface area contributed by atoms with Crippen molar-refractivity contribution in [2.75, 3.05) is 17.2 Å². The van der Waals surface area contributed by atoms with Gasteiger partial charge in [0.1, 0.15) is 17.6 Å². The Bertz CT molecular complexity index is 972. The summed E-state index contributed by atoms with van der Waals surface area (Å²) in [5.41, 5.74) is 2.74. The summed E-state index contributed by atoms with van der Waals surface area (Å²) in [4.78, 5) is 23.8. The van der Waals surface area contributed by atoms with Gasteiger partial charge in [0.2, 0.25) is 11.8 Å². The quantitative estimate of drug-likeness (QED) is 0.673. The van der Waals surface area contributed by atoms with Crippen LogP contribution in [0.15, 0.2) is 36.4 Å². The first-order valence-electron chi connectivity index (χ1n) is 9.38. The number of hydrogen-bond donors (Lipinski definition) is 2. The van der Waals surface area contributed by atoms with Crippen LogP contribution in [0.5, 0.6) is 11.5 Å². The minimum Gasteiger partial charge on any atom is -0.493 e. The van der Waals surface area contributed by atoms with E-state index in [2.05, 4.69) is 10.6 Å². The molecule has 29 heavy (non-hydrogen) atoms. The standard InChI is InChI=1S/C22H23ClN2O4/c1-4-28-20-11-16-9-13(2)29-21(16)10-15(20)5-8-22(27)25-19-12-17(23)6-7-18(19)24-14(3)26/h5-8,10-13H,4,9H2,1-3H3,(H,24,26)(H,25,27)/b8-5+. The van der Waals surface area contributed by atoms with E-state index in [1.165, 1.54) is 13.0 Å². The number of halogens is 1. The summed E-state index contributed by atoms with van der Waals surface area (Å²) in [5, 5.41) is 5.85. The molecule has 2 aromatic carbocycles. The van der Waals surface area contributed by atoms with Gasteiger partial charge in [-0.05, 0) is 50.3 Å². The number of amides is 2. The second kappa shape index (κ2) is 9.01. The normalized spacial score (nSPS) is 15.0. The van der Waals surface area contributed by atoms with Crippen molar-refractivity contribution in [3.05, 3.63) is 52.6 Å². The van der Waals surface area contributed by atoms with Crippen molar-refractivity contribution in [1.29, 1.82) is 0 Å². The van der Waals surface area contributed by atoms with E-state index < -0.39 is 0 Å². The van der Waals surface area contributed by atoms with Crippen LogP contribution < -0.4 is 20.1 Å². The lowest BCUT2D eigenvalue weighted by molar-refractivity contribution is -0.114. The maximum absolute atomic E-state index is 12.5. The molecule has 0 saturated carbocycles. The molecule has 2 aromatic rings. The zero-order valence-electron chi connectivity index (χ0n) is 16.5. The monoisotopic (exact) mass is 414 g/mol. The number of carbonyl (C=O) groups is 2. The van der Waals surface area contributed by atoms with Gasteiger partial charge in [0, 0.05) is 35.6 Å². The van der Waals surface area contributed by atoms with Crippen molar-refractivity contribution in [1.82, 2.24) is 0 Å². The van der Waals surface area contributed by atoms with E-state index in [9.17, 15) is 9.59 Å². The van der Waals surface area contributed by atoms with Gasteiger partial charge in [0.25, 0.3) is 0 Å². The number of anilines is 2. The second-order valence-electron chi connectivity index (χ2n) is 6.76. The molecule has 0 spiro atoms. The molecular formula is C22H23ClN2O4. The average Bonchev–Trinajstić information content (AvgIpc) is 3.01. The summed E-state index contributed by atoms with van der Waals surface area (Å²) in [6, 6.07) is 8.70. The summed E-state index contributed by atoms with van der Waals surface area (Å²) in [7, 11) is 0. The van der Waals surface area contributed by atoms with Gasteiger partial charge in [-0.2, -0.15) is 0 Å². The van der Waals surface area contributed by atoms with Crippen molar-refractivity contribution in [2.24, 2.45) is 0 Å². The second-order valence-corrected chi connectivity index (χ2v) is 7.19. The topological polar surface area (TPSA) is 76.7 Å². The van der Waals surface area contributed by atoms with Crippen LogP contribution in [0, 0.1) is 0 Å². The Morgan fingerprint density at radius 3 is 2.76 bits per heavy atom. The number of benzene rings is 2. The van der Waals surface area contributed by atoms with Crippen molar-refractivity contribution in [3.63, 3.8) is 0 Å². The molecule has 0 aliphatic carbocycles. The van der Waals surface area contributed by atoms with Crippen LogP contribution in [0.3, 0.4) is 0 Å². The fourth-order valence-electron chi connectivity index (χ4n) is 3.12. The number of hydrogen-bond acceptors (Lipinski definition) is 4. The molecule has 0 radical (unpaired) electrons. The molecule has 1 aliphatic heterocycles. The molecular weight excluding hydrogens is 392 g/mol. The zero-order chi connectivity index (χ0) is 21.0. The Balaban J connectivity index is 1.80. The third-order valence-electron chi connectivity index (χ3n) is 4.29. The molecule has 3 rings (SSSR count). The SMILES string of the molecule is CCOc1cc2c(cc1/C=C/C(=O)Nc1cc(Cl)ccc1NC(C)=O)OC(C)C2. The van der Waals surface area contributed by atoms with Crippen LogP contribution in [0.25, 0.3) is 6.08 Å². The van der Waals surface area contributed by atoms with E-state index in [0.29, 0.717) is 28.8 Å². The van der Waals surface area contributed by atoms with E-state index in [-0.39, 0.29) is 17.9 Å². The summed E-state index contributed by atoms with van der Waals surface area (Å²) in [6.45, 7) is 5.84. The molecule has 0 bridgehead atoms. The van der Waals surface area contributed by atoms with E-state index in [1.54, 1.807) is 24.3 Å². The van der Waals surface area contributed by atoms with E-state index in [4.69, 9.17) is 21.1 Å². The molecule has 1 atom stereocenters. The van der Waals surface area contributed by atoms with Gasteiger partial charge in [0.15, 0.2) is 0 Å². The molecule has 2 N–H and O–H groups in total. The Morgan fingerprint density at radius 2 is 2.03 bits per heavy atom. The minimum atomic E-state index is -0.365. The fraction of sp³-hybridized carbons (Fsp3) is 0.273. The van der Waals surface area contributed by atoms with Crippen LogP contribution >= 0.6 is 11.6 Å². The third kappa shape index (κ3) is 5.29. The lowest BCUT2D eigenvalue weighted by atomic mass is 10.1. The molecule has 6 nitrogen and oxygen atoms in total. The number of fused-ring (bicyclic) bond motifs is 1. The highest BCUT2D eigenvalue weighted by molar-refractivity contribution is 6.31. The van der Waals surface area contributed by atoms with E-state index >= 15 is 0 Å².